The van der Waals surface area contributed by atoms with Gasteiger partial charge in [-0.05, 0) is 6.92 Å². The van der Waals surface area contributed by atoms with E-state index in [1.165, 1.54) is 6.20 Å². The summed E-state index contributed by atoms with van der Waals surface area (Å²) in [7, 11) is 1.66. The number of aliphatic imine (C=N–C) groups is 1. The molecule has 0 aromatic rings. The van der Waals surface area contributed by atoms with E-state index < -0.39 is 0 Å². The van der Waals surface area contributed by atoms with Crippen molar-refractivity contribution in [3.63, 3.8) is 0 Å². The van der Waals surface area contributed by atoms with Crippen LogP contribution in [-0.2, 0) is 4.74 Å². The average molecular weight is 156 g/mol. The zero-order valence-corrected chi connectivity index (χ0v) is 7.37. The molecule has 0 bridgehead atoms. The van der Waals surface area contributed by atoms with Gasteiger partial charge in [0.05, 0.1) is 6.10 Å². The molecule has 2 N–H and O–H groups in total. The van der Waals surface area contributed by atoms with Gasteiger partial charge in [-0.15, -0.1) is 0 Å². The van der Waals surface area contributed by atoms with Crippen molar-refractivity contribution in [3.8, 4) is 0 Å². The molecule has 0 aliphatic heterocycles. The molecule has 0 aliphatic rings. The van der Waals surface area contributed by atoms with Crippen molar-refractivity contribution < 1.29 is 4.74 Å². The molecule has 0 spiro atoms. The van der Waals surface area contributed by atoms with Crippen molar-refractivity contribution in [2.75, 3.05) is 7.11 Å². The highest BCUT2D eigenvalue weighted by Gasteiger charge is 2.14. The molecule has 0 saturated heterocycles. The Hall–Kier alpha value is -0.830. The Labute approximate surface area is 68.0 Å². The van der Waals surface area contributed by atoms with Crippen molar-refractivity contribution in [2.45, 2.75) is 20.0 Å². The molecule has 2 unspecified atom stereocenters. The second-order valence-electron chi connectivity index (χ2n) is 2.47. The Morgan fingerprint density at radius 3 is 2.55 bits per heavy atom. The summed E-state index contributed by atoms with van der Waals surface area (Å²) in [6.07, 6.45) is 1.53. The lowest BCUT2D eigenvalue weighted by Crippen LogP contribution is -2.30. The van der Waals surface area contributed by atoms with Crippen LogP contribution in [0.1, 0.15) is 13.8 Å². The number of nitrogens with two attached hydrogens (primary N) is 1. The van der Waals surface area contributed by atoms with Crippen molar-refractivity contribution in [1.82, 2.24) is 0 Å². The fraction of sp³-hybridized carbons (Fsp3) is 0.625. The highest BCUT2D eigenvalue weighted by molar-refractivity contribution is 5.83. The summed E-state index contributed by atoms with van der Waals surface area (Å²) < 4.78 is 5.08. The number of ether oxygens (including phenoxy) is 1. The molecule has 2 atom stereocenters. The third-order valence-corrected chi connectivity index (χ3v) is 1.78. The lowest BCUT2D eigenvalue weighted by atomic mass is 10.1. The molecule has 3 heteroatoms. The summed E-state index contributed by atoms with van der Waals surface area (Å²) >= 11 is 0. The summed E-state index contributed by atoms with van der Waals surface area (Å²) in [6, 6.07) is 0. The Bertz CT molecular complexity index is 154. The molecular weight excluding hydrogens is 140 g/mol. The van der Waals surface area contributed by atoms with Crippen LogP contribution in [0.2, 0.25) is 0 Å². The van der Waals surface area contributed by atoms with Crippen LogP contribution < -0.4 is 5.73 Å². The molecule has 0 amide bonds. The van der Waals surface area contributed by atoms with Crippen molar-refractivity contribution >= 4 is 5.84 Å². The van der Waals surface area contributed by atoms with Gasteiger partial charge < -0.3 is 10.5 Å². The van der Waals surface area contributed by atoms with E-state index in [0.717, 1.165) is 0 Å². The van der Waals surface area contributed by atoms with Crippen LogP contribution in [0.3, 0.4) is 0 Å². The summed E-state index contributed by atoms with van der Waals surface area (Å²) in [6.45, 7) is 7.38. The molecule has 11 heavy (non-hydrogen) atoms. The first kappa shape index (κ1) is 10.2. The first-order valence-electron chi connectivity index (χ1n) is 3.60. The van der Waals surface area contributed by atoms with Crippen molar-refractivity contribution in [2.24, 2.45) is 16.6 Å². The summed E-state index contributed by atoms with van der Waals surface area (Å²) in [4.78, 5) is 3.87. The maximum absolute atomic E-state index is 5.60. The SMILES string of the molecule is C=CN=C(N)C(C)C(C)OC. The summed E-state index contributed by atoms with van der Waals surface area (Å²) in [5.41, 5.74) is 5.60. The van der Waals surface area contributed by atoms with Gasteiger partial charge in [-0.1, -0.05) is 13.5 Å². The van der Waals surface area contributed by atoms with Gasteiger partial charge in [-0.3, -0.25) is 0 Å². The molecule has 64 valence electrons. The van der Waals surface area contributed by atoms with Crippen LogP contribution in [0.4, 0.5) is 0 Å². The Balaban J connectivity index is 4.11. The van der Waals surface area contributed by atoms with Crippen LogP contribution in [0, 0.1) is 5.92 Å². The Morgan fingerprint density at radius 2 is 2.18 bits per heavy atom. The van der Waals surface area contributed by atoms with Gasteiger partial charge in [0.1, 0.15) is 5.84 Å². The quantitative estimate of drug-likeness (QED) is 0.490. The van der Waals surface area contributed by atoms with E-state index in [4.69, 9.17) is 10.5 Å². The molecule has 0 fully saturated rings. The van der Waals surface area contributed by atoms with E-state index in [-0.39, 0.29) is 12.0 Å². The van der Waals surface area contributed by atoms with E-state index in [9.17, 15) is 0 Å². The highest BCUT2D eigenvalue weighted by Crippen LogP contribution is 2.05. The van der Waals surface area contributed by atoms with Gasteiger partial charge in [0.2, 0.25) is 0 Å². The predicted octanol–water partition coefficient (Wildman–Crippen LogP) is 1.16. The molecule has 0 heterocycles. The third kappa shape index (κ3) is 3.18. The van der Waals surface area contributed by atoms with Crippen LogP contribution >= 0.6 is 0 Å². The van der Waals surface area contributed by atoms with Gasteiger partial charge in [-0.25, -0.2) is 4.99 Å². The highest BCUT2D eigenvalue weighted by atomic mass is 16.5. The average Bonchev–Trinajstić information content (AvgIpc) is 2.02. The number of amidine groups is 1. The minimum Gasteiger partial charge on any atom is -0.387 e. The summed E-state index contributed by atoms with van der Waals surface area (Å²) in [5.74, 6) is 0.701. The van der Waals surface area contributed by atoms with E-state index in [2.05, 4.69) is 11.6 Å². The monoisotopic (exact) mass is 156 g/mol. The second kappa shape index (κ2) is 4.91. The lowest BCUT2D eigenvalue weighted by molar-refractivity contribution is 0.0953. The smallest absolute Gasteiger partial charge is 0.104 e. The third-order valence-electron chi connectivity index (χ3n) is 1.78. The zero-order valence-electron chi connectivity index (χ0n) is 7.37. The van der Waals surface area contributed by atoms with Gasteiger partial charge >= 0.3 is 0 Å². The van der Waals surface area contributed by atoms with Crippen LogP contribution in [0.25, 0.3) is 0 Å². The molecule has 0 radical (unpaired) electrons. The first-order chi connectivity index (χ1) is 5.13. The molecule has 0 rings (SSSR count). The predicted molar refractivity (Wildman–Crippen MR) is 47.5 cm³/mol. The van der Waals surface area contributed by atoms with Gasteiger partial charge in [0.15, 0.2) is 0 Å². The maximum atomic E-state index is 5.60. The largest absolute Gasteiger partial charge is 0.387 e. The fourth-order valence-corrected chi connectivity index (χ4v) is 0.668. The van der Waals surface area contributed by atoms with Crippen molar-refractivity contribution in [1.29, 1.82) is 0 Å². The topological polar surface area (TPSA) is 47.6 Å². The molecule has 0 aromatic heterocycles. The van der Waals surface area contributed by atoms with E-state index in [1.54, 1.807) is 7.11 Å². The first-order valence-corrected chi connectivity index (χ1v) is 3.60. The van der Waals surface area contributed by atoms with Gasteiger partial charge in [0.25, 0.3) is 0 Å². The summed E-state index contributed by atoms with van der Waals surface area (Å²) in [5, 5.41) is 0. The number of rotatable bonds is 4. The minimum absolute atomic E-state index is 0.0960. The lowest BCUT2D eigenvalue weighted by Gasteiger charge is -2.16. The molecule has 3 nitrogen and oxygen atoms in total. The molecular formula is C8H16N2O. The standard InChI is InChI=1S/C8H16N2O/c1-5-10-8(9)6(2)7(3)11-4/h5-7H,1H2,2-4H3,(H2,9,10). The normalized spacial score (nSPS) is 17.5. The molecule has 0 aliphatic carbocycles. The number of hydrogen-bond acceptors (Lipinski definition) is 2. The fourth-order valence-electron chi connectivity index (χ4n) is 0.668. The van der Waals surface area contributed by atoms with E-state index in [1.807, 2.05) is 13.8 Å². The number of hydrogen-bond donors (Lipinski definition) is 1. The van der Waals surface area contributed by atoms with Gasteiger partial charge in [-0.2, -0.15) is 0 Å². The van der Waals surface area contributed by atoms with Crippen molar-refractivity contribution in [3.05, 3.63) is 12.8 Å². The van der Waals surface area contributed by atoms with E-state index >= 15 is 0 Å². The van der Waals surface area contributed by atoms with Crippen LogP contribution in [-0.4, -0.2) is 19.0 Å². The molecule has 0 aromatic carbocycles. The number of nitrogens with zero attached hydrogens (tertiary/aromatic N) is 1. The Morgan fingerprint density at radius 1 is 1.64 bits per heavy atom. The number of methoxy groups -OCH3 is 1. The maximum Gasteiger partial charge on any atom is 0.104 e. The van der Waals surface area contributed by atoms with E-state index in [0.29, 0.717) is 5.84 Å². The Kier molecular flexibility index (Phi) is 4.54. The molecule has 0 saturated carbocycles. The second-order valence-corrected chi connectivity index (χ2v) is 2.47. The van der Waals surface area contributed by atoms with Crippen LogP contribution in [0.15, 0.2) is 17.8 Å². The van der Waals surface area contributed by atoms with Gasteiger partial charge in [0, 0.05) is 19.2 Å². The minimum atomic E-state index is 0.0960. The zero-order chi connectivity index (χ0) is 8.85. The van der Waals surface area contributed by atoms with Crippen LogP contribution in [0.5, 0.6) is 0 Å².